The van der Waals surface area contributed by atoms with Gasteiger partial charge in [0.2, 0.25) is 0 Å². The van der Waals surface area contributed by atoms with E-state index in [9.17, 15) is 5.11 Å². The van der Waals surface area contributed by atoms with Crippen molar-refractivity contribution in [1.29, 1.82) is 0 Å². The summed E-state index contributed by atoms with van der Waals surface area (Å²) >= 11 is 0. The molecule has 2 bridgehead atoms. The number of benzene rings is 1. The summed E-state index contributed by atoms with van der Waals surface area (Å²) in [5.74, 6) is 0. The number of hydrogen-bond donors (Lipinski definition) is 1. The van der Waals surface area contributed by atoms with Crippen LogP contribution in [0.5, 0.6) is 0 Å². The van der Waals surface area contributed by atoms with Gasteiger partial charge in [0.1, 0.15) is 0 Å². The molecule has 98 valence electrons. The Hall–Kier alpha value is -0.860. The molecule has 0 aromatic heterocycles. The Bertz CT molecular complexity index is 391. The van der Waals surface area contributed by atoms with Gasteiger partial charge in [-0.25, -0.2) is 0 Å². The van der Waals surface area contributed by atoms with Crippen LogP contribution in [0.25, 0.3) is 0 Å². The Balaban J connectivity index is 1.53. The van der Waals surface area contributed by atoms with E-state index >= 15 is 0 Å². The van der Waals surface area contributed by atoms with Crippen molar-refractivity contribution in [3.8, 4) is 0 Å². The fraction of sp³-hybridized carbons (Fsp3) is 0.625. The van der Waals surface area contributed by atoms with E-state index in [1.807, 2.05) is 6.07 Å². The first kappa shape index (κ1) is 12.2. The molecule has 0 unspecified atom stereocenters. The highest BCUT2D eigenvalue weighted by atomic mass is 16.5. The second-order valence-corrected chi connectivity index (χ2v) is 6.31. The van der Waals surface area contributed by atoms with Crippen molar-refractivity contribution < 1.29 is 9.84 Å². The van der Waals surface area contributed by atoms with Crippen LogP contribution in [0.4, 0.5) is 0 Å². The van der Waals surface area contributed by atoms with E-state index in [2.05, 4.69) is 24.3 Å². The van der Waals surface area contributed by atoms with Gasteiger partial charge in [-0.3, -0.25) is 0 Å². The maximum absolute atomic E-state index is 9.52. The molecule has 2 aliphatic carbocycles. The molecular formula is C16H22O2. The molecule has 2 saturated carbocycles. The van der Waals surface area contributed by atoms with Gasteiger partial charge in [-0.1, -0.05) is 30.3 Å². The number of hydrogen-bond acceptors (Lipinski definition) is 2. The molecule has 3 rings (SSSR count). The van der Waals surface area contributed by atoms with Crippen LogP contribution in [-0.4, -0.2) is 18.3 Å². The Labute approximate surface area is 109 Å². The smallest absolute Gasteiger partial charge is 0.0717 e. The molecule has 18 heavy (non-hydrogen) atoms. The lowest BCUT2D eigenvalue weighted by atomic mass is 9.83. The lowest BCUT2D eigenvalue weighted by Gasteiger charge is -2.26. The van der Waals surface area contributed by atoms with Gasteiger partial charge in [0.25, 0.3) is 0 Å². The van der Waals surface area contributed by atoms with Gasteiger partial charge in [0.05, 0.1) is 13.2 Å². The minimum Gasteiger partial charge on any atom is -0.396 e. The van der Waals surface area contributed by atoms with Crippen LogP contribution in [0, 0.1) is 10.8 Å². The topological polar surface area (TPSA) is 29.5 Å². The number of rotatable bonds is 5. The summed E-state index contributed by atoms with van der Waals surface area (Å²) in [4.78, 5) is 0. The molecule has 0 amide bonds. The van der Waals surface area contributed by atoms with E-state index in [1.54, 1.807) is 0 Å². The first-order valence-corrected chi connectivity index (χ1v) is 6.99. The molecule has 2 heteroatoms. The molecule has 2 aliphatic rings. The van der Waals surface area contributed by atoms with Crippen molar-refractivity contribution in [2.24, 2.45) is 10.8 Å². The largest absolute Gasteiger partial charge is 0.396 e. The Kier molecular flexibility index (Phi) is 3.16. The van der Waals surface area contributed by atoms with Crippen LogP contribution >= 0.6 is 0 Å². The number of ether oxygens (including phenoxy) is 1. The minimum atomic E-state index is 0.246. The maximum atomic E-state index is 9.52. The van der Waals surface area contributed by atoms with Crippen LogP contribution in [0.15, 0.2) is 30.3 Å². The van der Waals surface area contributed by atoms with Gasteiger partial charge in [-0.2, -0.15) is 0 Å². The molecule has 0 saturated heterocycles. The first-order chi connectivity index (χ1) is 8.76. The molecule has 0 aliphatic heterocycles. The van der Waals surface area contributed by atoms with Crippen LogP contribution in [0.3, 0.4) is 0 Å². The van der Waals surface area contributed by atoms with Crippen molar-refractivity contribution >= 4 is 0 Å². The van der Waals surface area contributed by atoms with Gasteiger partial charge in [-0.05, 0) is 48.5 Å². The molecule has 0 heterocycles. The normalized spacial score (nSPS) is 34.1. The monoisotopic (exact) mass is 246 g/mol. The van der Waals surface area contributed by atoms with Crippen molar-refractivity contribution in [3.05, 3.63) is 35.9 Å². The molecule has 0 atom stereocenters. The minimum absolute atomic E-state index is 0.246. The molecule has 0 radical (unpaired) electrons. The Morgan fingerprint density at radius 3 is 2.28 bits per heavy atom. The summed E-state index contributed by atoms with van der Waals surface area (Å²) in [6, 6.07) is 10.4. The highest BCUT2D eigenvalue weighted by Gasteiger charge is 2.53. The Morgan fingerprint density at radius 2 is 1.67 bits per heavy atom. The molecule has 0 spiro atoms. The zero-order valence-corrected chi connectivity index (χ0v) is 10.9. The standard InChI is InChI=1S/C16H22O2/c17-12-15-6-8-16(11-15,9-7-15)13-18-10-14-4-2-1-3-5-14/h1-5,17H,6-13H2. The zero-order valence-electron chi connectivity index (χ0n) is 10.9. The summed E-state index contributed by atoms with van der Waals surface area (Å²) in [7, 11) is 0. The van der Waals surface area contributed by atoms with Gasteiger partial charge < -0.3 is 9.84 Å². The quantitative estimate of drug-likeness (QED) is 0.865. The second-order valence-electron chi connectivity index (χ2n) is 6.31. The average Bonchev–Trinajstić information content (AvgIpc) is 2.97. The third kappa shape index (κ3) is 2.19. The van der Waals surface area contributed by atoms with Crippen LogP contribution in [0.2, 0.25) is 0 Å². The van der Waals surface area contributed by atoms with Gasteiger partial charge in [0.15, 0.2) is 0 Å². The fourth-order valence-corrected chi connectivity index (χ4v) is 3.83. The highest BCUT2D eigenvalue weighted by molar-refractivity contribution is 5.13. The SMILES string of the molecule is OCC12CCC(COCc3ccccc3)(CC1)C2. The van der Waals surface area contributed by atoms with Crippen LogP contribution in [-0.2, 0) is 11.3 Å². The van der Waals surface area contributed by atoms with E-state index in [0.717, 1.165) is 6.61 Å². The third-order valence-electron chi connectivity index (χ3n) is 4.98. The lowest BCUT2D eigenvalue weighted by molar-refractivity contribution is 0.0380. The first-order valence-electron chi connectivity index (χ1n) is 6.99. The van der Waals surface area contributed by atoms with Crippen LogP contribution < -0.4 is 0 Å². The summed E-state index contributed by atoms with van der Waals surface area (Å²) in [5, 5.41) is 9.52. The number of fused-ring (bicyclic) bond motifs is 2. The average molecular weight is 246 g/mol. The predicted octanol–water partition coefficient (Wildman–Crippen LogP) is 3.15. The van der Waals surface area contributed by atoms with Crippen molar-refractivity contribution in [3.63, 3.8) is 0 Å². The van der Waals surface area contributed by atoms with E-state index in [-0.39, 0.29) is 5.41 Å². The van der Waals surface area contributed by atoms with Crippen molar-refractivity contribution in [2.45, 2.75) is 38.7 Å². The van der Waals surface area contributed by atoms with Gasteiger partial charge in [-0.15, -0.1) is 0 Å². The number of aliphatic hydroxyl groups excluding tert-OH is 1. The van der Waals surface area contributed by atoms with Gasteiger partial charge in [0, 0.05) is 6.61 Å². The van der Waals surface area contributed by atoms with Crippen molar-refractivity contribution in [1.82, 2.24) is 0 Å². The van der Waals surface area contributed by atoms with Gasteiger partial charge >= 0.3 is 0 Å². The predicted molar refractivity (Wildman–Crippen MR) is 71.1 cm³/mol. The maximum Gasteiger partial charge on any atom is 0.0717 e. The van der Waals surface area contributed by atoms with E-state index in [0.29, 0.717) is 18.6 Å². The number of aliphatic hydroxyl groups is 1. The summed E-state index contributed by atoms with van der Waals surface area (Å²) < 4.78 is 5.93. The van der Waals surface area contributed by atoms with Crippen LogP contribution in [0.1, 0.15) is 37.7 Å². The van der Waals surface area contributed by atoms with E-state index < -0.39 is 0 Å². The van der Waals surface area contributed by atoms with E-state index in [4.69, 9.17) is 4.74 Å². The molecular weight excluding hydrogens is 224 g/mol. The summed E-state index contributed by atoms with van der Waals surface area (Å²) in [6.07, 6.45) is 6.03. The summed E-state index contributed by atoms with van der Waals surface area (Å²) in [6.45, 7) is 1.95. The fourth-order valence-electron chi connectivity index (χ4n) is 3.83. The highest BCUT2D eigenvalue weighted by Crippen LogP contribution is 2.61. The molecule has 1 N–H and O–H groups in total. The summed E-state index contributed by atoms with van der Waals surface area (Å²) in [5.41, 5.74) is 1.87. The third-order valence-corrected chi connectivity index (χ3v) is 4.98. The molecule has 1 aromatic rings. The second kappa shape index (κ2) is 4.67. The molecule has 2 fully saturated rings. The Morgan fingerprint density at radius 1 is 1.00 bits per heavy atom. The lowest BCUT2D eigenvalue weighted by Crippen LogP contribution is -2.21. The van der Waals surface area contributed by atoms with E-state index in [1.165, 1.54) is 37.7 Å². The zero-order chi connectivity index (χ0) is 12.5. The molecule has 1 aromatic carbocycles. The van der Waals surface area contributed by atoms with Crippen molar-refractivity contribution in [2.75, 3.05) is 13.2 Å². The molecule has 2 nitrogen and oxygen atoms in total.